The fourth-order valence-electron chi connectivity index (χ4n) is 3.96. The van der Waals surface area contributed by atoms with Crippen molar-refractivity contribution in [3.8, 4) is 28.7 Å². The average molecular weight is 492 g/mol. The molecule has 0 aliphatic heterocycles. The number of halogens is 1. The van der Waals surface area contributed by atoms with E-state index in [2.05, 4.69) is 16.3 Å². The van der Waals surface area contributed by atoms with Gasteiger partial charge in [-0.2, -0.15) is 15.5 Å². The number of Topliss-reactive ketones (excluding diaryl/α,β-unsaturated/α-hetero) is 1. The van der Waals surface area contributed by atoms with Crippen molar-refractivity contribution in [2.45, 2.75) is 6.92 Å². The molecule has 2 aromatic heterocycles. The molecule has 5 rings (SSSR count). The number of carbonyl (C=O) groups is 2. The third-order valence-electron chi connectivity index (χ3n) is 5.64. The van der Waals surface area contributed by atoms with E-state index in [9.17, 15) is 14.9 Å². The maximum absolute atomic E-state index is 13.8. The van der Waals surface area contributed by atoms with Crippen LogP contribution >= 0.6 is 11.6 Å². The lowest BCUT2D eigenvalue weighted by Gasteiger charge is -2.07. The molecule has 0 radical (unpaired) electrons. The SMILES string of the molecule is CC(=O)c1nn(-c2ccc(Cl)cc2)cc1C(=O)c1nn(-c2ccccc2)c(-c2ccccc2)c1C#N. The Balaban J connectivity index is 1.71. The van der Waals surface area contributed by atoms with Gasteiger partial charge in [-0.1, -0.05) is 60.1 Å². The number of hydrogen-bond donors (Lipinski definition) is 0. The molecule has 5 aromatic rings. The first-order valence-electron chi connectivity index (χ1n) is 11.0. The fourth-order valence-corrected chi connectivity index (χ4v) is 4.08. The van der Waals surface area contributed by atoms with E-state index in [0.717, 1.165) is 5.56 Å². The van der Waals surface area contributed by atoms with Gasteiger partial charge in [0.15, 0.2) is 11.5 Å². The highest BCUT2D eigenvalue weighted by Crippen LogP contribution is 2.30. The second kappa shape index (κ2) is 9.45. The number of aromatic nitrogens is 4. The number of nitriles is 1. The highest BCUT2D eigenvalue weighted by atomic mass is 35.5. The molecule has 36 heavy (non-hydrogen) atoms. The first-order valence-corrected chi connectivity index (χ1v) is 11.4. The molecule has 0 N–H and O–H groups in total. The summed E-state index contributed by atoms with van der Waals surface area (Å²) in [6.07, 6.45) is 1.48. The third kappa shape index (κ3) is 4.11. The number of para-hydroxylation sites is 1. The maximum atomic E-state index is 13.8. The maximum Gasteiger partial charge on any atom is 0.218 e. The van der Waals surface area contributed by atoms with Crippen molar-refractivity contribution in [2.24, 2.45) is 0 Å². The van der Waals surface area contributed by atoms with E-state index in [-0.39, 0.29) is 28.3 Å². The van der Waals surface area contributed by atoms with E-state index < -0.39 is 5.78 Å². The van der Waals surface area contributed by atoms with Gasteiger partial charge in [0.1, 0.15) is 17.3 Å². The predicted octanol–water partition coefficient (Wildman–Crippen LogP) is 5.68. The molecule has 0 spiro atoms. The van der Waals surface area contributed by atoms with Crippen molar-refractivity contribution >= 4 is 23.2 Å². The normalized spacial score (nSPS) is 10.7. The van der Waals surface area contributed by atoms with E-state index in [0.29, 0.717) is 22.1 Å². The van der Waals surface area contributed by atoms with Crippen molar-refractivity contribution in [3.63, 3.8) is 0 Å². The minimum Gasteiger partial charge on any atom is -0.293 e. The van der Waals surface area contributed by atoms with Crippen LogP contribution in [-0.4, -0.2) is 31.1 Å². The minimum atomic E-state index is -0.566. The molecule has 0 aliphatic carbocycles. The number of nitrogens with zero attached hydrogens (tertiary/aromatic N) is 5. The van der Waals surface area contributed by atoms with Gasteiger partial charge in [-0.05, 0) is 36.4 Å². The summed E-state index contributed by atoms with van der Waals surface area (Å²) in [6, 6.07) is 27.5. The number of rotatable bonds is 6. The molecule has 0 atom stereocenters. The van der Waals surface area contributed by atoms with E-state index in [1.165, 1.54) is 17.8 Å². The summed E-state index contributed by atoms with van der Waals surface area (Å²) in [4.78, 5) is 26.3. The van der Waals surface area contributed by atoms with Gasteiger partial charge in [0.05, 0.1) is 22.6 Å². The molecule has 0 fully saturated rings. The van der Waals surface area contributed by atoms with Crippen molar-refractivity contribution in [3.05, 3.63) is 119 Å². The van der Waals surface area contributed by atoms with Crippen LogP contribution in [0.5, 0.6) is 0 Å². The number of carbonyl (C=O) groups excluding carboxylic acids is 2. The lowest BCUT2D eigenvalue weighted by Crippen LogP contribution is -2.09. The highest BCUT2D eigenvalue weighted by Gasteiger charge is 2.29. The monoisotopic (exact) mass is 491 g/mol. The van der Waals surface area contributed by atoms with Gasteiger partial charge in [-0.15, -0.1) is 0 Å². The summed E-state index contributed by atoms with van der Waals surface area (Å²) in [6.45, 7) is 1.34. The molecule has 0 unspecified atom stereocenters. The number of benzene rings is 3. The molecule has 0 bridgehead atoms. The zero-order valence-electron chi connectivity index (χ0n) is 19.1. The summed E-state index contributed by atoms with van der Waals surface area (Å²) in [7, 11) is 0. The van der Waals surface area contributed by atoms with Crippen molar-refractivity contribution in [2.75, 3.05) is 0 Å². The second-order valence-corrected chi connectivity index (χ2v) is 8.43. The standard InChI is InChI=1S/C28H18ClN5O2/c1-18(35)25-24(17-33(31-25)21-14-12-20(29)13-15-21)28(36)26-23(16-30)27(19-8-4-2-5-9-19)34(32-26)22-10-6-3-7-11-22/h2-15,17H,1H3. The van der Waals surface area contributed by atoms with Crippen LogP contribution in [0.3, 0.4) is 0 Å². The van der Waals surface area contributed by atoms with Gasteiger partial charge in [-0.3, -0.25) is 9.59 Å². The van der Waals surface area contributed by atoms with Gasteiger partial charge in [-0.25, -0.2) is 9.36 Å². The van der Waals surface area contributed by atoms with Crippen molar-refractivity contribution < 1.29 is 9.59 Å². The Morgan fingerprint density at radius 1 is 0.833 bits per heavy atom. The van der Waals surface area contributed by atoms with Gasteiger partial charge in [0, 0.05) is 23.7 Å². The molecular weight excluding hydrogens is 474 g/mol. The Morgan fingerprint density at radius 2 is 1.47 bits per heavy atom. The van der Waals surface area contributed by atoms with Gasteiger partial charge in [0.2, 0.25) is 5.78 Å². The van der Waals surface area contributed by atoms with Crippen LogP contribution in [-0.2, 0) is 0 Å². The third-order valence-corrected chi connectivity index (χ3v) is 5.90. The van der Waals surface area contributed by atoms with Crippen molar-refractivity contribution in [1.29, 1.82) is 5.26 Å². The summed E-state index contributed by atoms with van der Waals surface area (Å²) < 4.78 is 3.02. The number of ketones is 2. The smallest absolute Gasteiger partial charge is 0.218 e. The Kier molecular flexibility index (Phi) is 6.03. The molecule has 3 aromatic carbocycles. The first-order chi connectivity index (χ1) is 17.5. The van der Waals surface area contributed by atoms with E-state index >= 15 is 0 Å². The summed E-state index contributed by atoms with van der Waals surface area (Å²) >= 11 is 5.99. The van der Waals surface area contributed by atoms with E-state index in [1.54, 1.807) is 28.9 Å². The Bertz CT molecular complexity index is 1630. The van der Waals surface area contributed by atoms with Gasteiger partial charge in [0.25, 0.3) is 0 Å². The molecule has 0 saturated heterocycles. The quantitative estimate of drug-likeness (QED) is 0.285. The van der Waals surface area contributed by atoms with Crippen LogP contribution < -0.4 is 0 Å². The Morgan fingerprint density at radius 3 is 2.08 bits per heavy atom. The van der Waals surface area contributed by atoms with Crippen LogP contribution in [0, 0.1) is 11.3 Å². The zero-order chi connectivity index (χ0) is 25.2. The van der Waals surface area contributed by atoms with Gasteiger partial charge < -0.3 is 0 Å². The summed E-state index contributed by atoms with van der Waals surface area (Å²) in [5, 5.41) is 19.6. The van der Waals surface area contributed by atoms with Crippen LogP contribution in [0.1, 0.15) is 39.0 Å². The molecule has 7 nitrogen and oxygen atoms in total. The van der Waals surface area contributed by atoms with E-state index in [4.69, 9.17) is 11.6 Å². The zero-order valence-corrected chi connectivity index (χ0v) is 19.8. The lowest BCUT2D eigenvalue weighted by molar-refractivity contribution is 0.0985. The van der Waals surface area contributed by atoms with Crippen LogP contribution in [0.15, 0.2) is 91.1 Å². The molecule has 8 heteroatoms. The largest absolute Gasteiger partial charge is 0.293 e. The van der Waals surface area contributed by atoms with E-state index in [1.807, 2.05) is 60.7 Å². The summed E-state index contributed by atoms with van der Waals surface area (Å²) in [5.74, 6) is -0.945. The summed E-state index contributed by atoms with van der Waals surface area (Å²) in [5.41, 5.74) is 2.65. The highest BCUT2D eigenvalue weighted by molar-refractivity contribution is 6.30. The Labute approximate surface area is 211 Å². The molecule has 0 saturated carbocycles. The van der Waals surface area contributed by atoms with Crippen LogP contribution in [0.4, 0.5) is 0 Å². The molecule has 0 aliphatic rings. The Hall–Kier alpha value is -4.80. The predicted molar refractivity (Wildman–Crippen MR) is 136 cm³/mol. The van der Waals surface area contributed by atoms with Crippen molar-refractivity contribution in [1.82, 2.24) is 19.6 Å². The van der Waals surface area contributed by atoms with Crippen LogP contribution in [0.2, 0.25) is 5.02 Å². The van der Waals surface area contributed by atoms with Crippen LogP contribution in [0.25, 0.3) is 22.6 Å². The fraction of sp³-hybridized carbons (Fsp3) is 0.0357. The first kappa shape index (κ1) is 23.0. The minimum absolute atomic E-state index is 0.00522. The average Bonchev–Trinajstić information content (AvgIpc) is 3.53. The molecule has 2 heterocycles. The molecular formula is C28H18ClN5O2. The topological polar surface area (TPSA) is 93.6 Å². The molecule has 0 amide bonds. The molecule has 174 valence electrons. The van der Waals surface area contributed by atoms with Gasteiger partial charge >= 0.3 is 0 Å². The second-order valence-electron chi connectivity index (χ2n) is 8.00. The lowest BCUT2D eigenvalue weighted by atomic mass is 10.0. The number of hydrogen-bond acceptors (Lipinski definition) is 5.